The van der Waals surface area contributed by atoms with Crippen LogP contribution in [0.4, 0.5) is 0 Å². The number of nitrogens with two attached hydrogens (primary N) is 1. The molecule has 1 unspecified atom stereocenters. The minimum Gasteiger partial charge on any atom is -0.497 e. The number of hydrogen-bond acceptors (Lipinski definition) is 4. The van der Waals surface area contributed by atoms with Crippen LogP contribution in [0.3, 0.4) is 0 Å². The number of hydrogen-bond donors (Lipinski definition) is 2. The molecule has 132 valence electrons. The Morgan fingerprint density at radius 1 is 1.33 bits per heavy atom. The monoisotopic (exact) mass is 333 g/mol. The number of nitrogens with one attached hydrogen (secondary N) is 1. The van der Waals surface area contributed by atoms with Crippen molar-refractivity contribution in [3.63, 3.8) is 0 Å². The number of methoxy groups -OCH3 is 1. The third kappa shape index (κ3) is 5.23. The molecule has 0 aliphatic carbocycles. The van der Waals surface area contributed by atoms with E-state index in [1.807, 2.05) is 29.2 Å². The van der Waals surface area contributed by atoms with Gasteiger partial charge in [0.2, 0.25) is 11.8 Å². The maximum absolute atomic E-state index is 12.4. The summed E-state index contributed by atoms with van der Waals surface area (Å²) in [6, 6.07) is 7.76. The standard InChI is InChI=1S/C18H27N3O3/c1-24-16-7-4-14(5-8-16)6-9-17(22)21-12-2-3-15(13-21)18(23)20-11-10-19/h4-5,7-8,15H,2-3,6,9-13,19H2,1H3,(H,20,23). The number of piperidine rings is 1. The minimum absolute atomic E-state index is 0.00750. The largest absolute Gasteiger partial charge is 0.497 e. The Kier molecular flexibility index (Phi) is 7.06. The van der Waals surface area contributed by atoms with E-state index in [1.165, 1.54) is 0 Å². The Bertz CT molecular complexity index is 545. The van der Waals surface area contributed by atoms with E-state index in [9.17, 15) is 9.59 Å². The van der Waals surface area contributed by atoms with Crippen LogP contribution in [-0.2, 0) is 16.0 Å². The third-order valence-corrected chi connectivity index (χ3v) is 4.38. The van der Waals surface area contributed by atoms with Crippen LogP contribution >= 0.6 is 0 Å². The predicted octanol–water partition coefficient (Wildman–Crippen LogP) is 0.941. The zero-order chi connectivity index (χ0) is 17.4. The minimum atomic E-state index is -0.116. The lowest BCUT2D eigenvalue weighted by molar-refractivity contribution is -0.135. The first-order valence-electron chi connectivity index (χ1n) is 8.52. The fourth-order valence-corrected chi connectivity index (χ4v) is 2.96. The van der Waals surface area contributed by atoms with E-state index in [1.54, 1.807) is 7.11 Å². The summed E-state index contributed by atoms with van der Waals surface area (Å²) in [5, 5.41) is 2.82. The highest BCUT2D eigenvalue weighted by Crippen LogP contribution is 2.18. The molecule has 1 fully saturated rings. The lowest BCUT2D eigenvalue weighted by Gasteiger charge is -2.32. The average molecular weight is 333 g/mol. The number of carbonyl (C=O) groups is 2. The number of ether oxygens (including phenoxy) is 1. The molecule has 0 bridgehead atoms. The van der Waals surface area contributed by atoms with Crippen LogP contribution in [-0.4, -0.2) is 50.0 Å². The van der Waals surface area contributed by atoms with Crippen LogP contribution in [0.15, 0.2) is 24.3 Å². The van der Waals surface area contributed by atoms with E-state index in [-0.39, 0.29) is 17.7 Å². The molecule has 1 aromatic carbocycles. The van der Waals surface area contributed by atoms with E-state index in [4.69, 9.17) is 10.5 Å². The van der Waals surface area contributed by atoms with Crippen molar-refractivity contribution >= 4 is 11.8 Å². The van der Waals surface area contributed by atoms with Gasteiger partial charge in [-0.25, -0.2) is 0 Å². The number of aryl methyl sites for hydroxylation is 1. The van der Waals surface area contributed by atoms with E-state index >= 15 is 0 Å². The summed E-state index contributed by atoms with van der Waals surface area (Å²) < 4.78 is 5.13. The van der Waals surface area contributed by atoms with Gasteiger partial charge in [0.25, 0.3) is 0 Å². The van der Waals surface area contributed by atoms with Gasteiger partial charge in [-0.05, 0) is 37.0 Å². The van der Waals surface area contributed by atoms with Crippen LogP contribution in [0.1, 0.15) is 24.8 Å². The summed E-state index contributed by atoms with van der Waals surface area (Å²) in [6.45, 7) is 2.17. The highest BCUT2D eigenvalue weighted by atomic mass is 16.5. The molecule has 1 aliphatic heterocycles. The summed E-state index contributed by atoms with van der Waals surface area (Å²) in [4.78, 5) is 26.3. The summed E-state index contributed by atoms with van der Waals surface area (Å²) in [7, 11) is 1.63. The molecule has 0 saturated carbocycles. The fraction of sp³-hybridized carbons (Fsp3) is 0.556. The number of rotatable bonds is 7. The van der Waals surface area contributed by atoms with Crippen LogP contribution in [0.5, 0.6) is 5.75 Å². The highest BCUT2D eigenvalue weighted by Gasteiger charge is 2.27. The first-order valence-corrected chi connectivity index (χ1v) is 8.52. The van der Waals surface area contributed by atoms with Crippen molar-refractivity contribution in [3.8, 4) is 5.75 Å². The van der Waals surface area contributed by atoms with Gasteiger partial charge in [-0.15, -0.1) is 0 Å². The normalized spacial score (nSPS) is 17.4. The maximum atomic E-state index is 12.4. The summed E-state index contributed by atoms with van der Waals surface area (Å²) in [6.07, 6.45) is 2.86. The number of likely N-dealkylation sites (tertiary alicyclic amines) is 1. The molecule has 0 spiro atoms. The first-order chi connectivity index (χ1) is 11.6. The van der Waals surface area contributed by atoms with Crippen LogP contribution < -0.4 is 15.8 Å². The Balaban J connectivity index is 1.81. The lowest BCUT2D eigenvalue weighted by atomic mass is 9.96. The number of nitrogens with zero attached hydrogens (tertiary/aromatic N) is 1. The van der Waals surface area contributed by atoms with Gasteiger partial charge in [0.15, 0.2) is 0 Å². The summed E-state index contributed by atoms with van der Waals surface area (Å²) in [5.74, 6) is 0.818. The van der Waals surface area contributed by atoms with Crippen molar-refractivity contribution in [2.75, 3.05) is 33.3 Å². The van der Waals surface area contributed by atoms with Gasteiger partial charge < -0.3 is 20.7 Å². The molecule has 1 saturated heterocycles. The SMILES string of the molecule is COc1ccc(CCC(=O)N2CCCC(C(=O)NCCN)C2)cc1. The molecule has 0 radical (unpaired) electrons. The molecular weight excluding hydrogens is 306 g/mol. The molecule has 1 aromatic rings. The second kappa shape index (κ2) is 9.27. The average Bonchev–Trinajstić information content (AvgIpc) is 2.64. The van der Waals surface area contributed by atoms with Gasteiger partial charge in [-0.1, -0.05) is 12.1 Å². The van der Waals surface area contributed by atoms with E-state index in [0.717, 1.165) is 30.7 Å². The first kappa shape index (κ1) is 18.3. The van der Waals surface area contributed by atoms with Crippen molar-refractivity contribution in [1.29, 1.82) is 0 Å². The molecule has 2 rings (SSSR count). The quantitative estimate of drug-likeness (QED) is 0.778. The zero-order valence-corrected chi connectivity index (χ0v) is 14.3. The molecule has 0 aromatic heterocycles. The van der Waals surface area contributed by atoms with Crippen molar-refractivity contribution in [3.05, 3.63) is 29.8 Å². The number of carbonyl (C=O) groups excluding carboxylic acids is 2. The van der Waals surface area contributed by atoms with Crippen molar-refractivity contribution in [2.24, 2.45) is 11.7 Å². The van der Waals surface area contributed by atoms with Crippen molar-refractivity contribution in [1.82, 2.24) is 10.2 Å². The molecule has 1 atom stereocenters. The molecule has 1 heterocycles. The second-order valence-electron chi connectivity index (χ2n) is 6.11. The lowest BCUT2D eigenvalue weighted by Crippen LogP contribution is -2.46. The van der Waals surface area contributed by atoms with Gasteiger partial charge in [-0.2, -0.15) is 0 Å². The maximum Gasteiger partial charge on any atom is 0.224 e. The van der Waals surface area contributed by atoms with Crippen LogP contribution in [0.25, 0.3) is 0 Å². The van der Waals surface area contributed by atoms with Gasteiger partial charge in [0.05, 0.1) is 13.0 Å². The molecule has 6 heteroatoms. The number of amides is 2. The van der Waals surface area contributed by atoms with E-state index in [0.29, 0.717) is 32.5 Å². The molecule has 3 N–H and O–H groups in total. The number of benzene rings is 1. The molecular formula is C18H27N3O3. The van der Waals surface area contributed by atoms with Crippen LogP contribution in [0, 0.1) is 5.92 Å². The molecule has 2 amide bonds. The molecule has 6 nitrogen and oxygen atoms in total. The highest BCUT2D eigenvalue weighted by molar-refractivity contribution is 5.81. The van der Waals surface area contributed by atoms with Crippen molar-refractivity contribution in [2.45, 2.75) is 25.7 Å². The van der Waals surface area contributed by atoms with Gasteiger partial charge in [-0.3, -0.25) is 9.59 Å². The van der Waals surface area contributed by atoms with E-state index in [2.05, 4.69) is 5.32 Å². The summed E-state index contributed by atoms with van der Waals surface area (Å²) >= 11 is 0. The Morgan fingerprint density at radius 2 is 2.08 bits per heavy atom. The molecule has 1 aliphatic rings. The van der Waals surface area contributed by atoms with Gasteiger partial charge in [0.1, 0.15) is 5.75 Å². The Labute approximate surface area is 143 Å². The Hall–Kier alpha value is -2.08. The van der Waals surface area contributed by atoms with E-state index < -0.39 is 0 Å². The topological polar surface area (TPSA) is 84.7 Å². The smallest absolute Gasteiger partial charge is 0.224 e. The van der Waals surface area contributed by atoms with Crippen molar-refractivity contribution < 1.29 is 14.3 Å². The Morgan fingerprint density at radius 3 is 2.75 bits per heavy atom. The summed E-state index contributed by atoms with van der Waals surface area (Å²) in [5.41, 5.74) is 6.52. The van der Waals surface area contributed by atoms with Gasteiger partial charge >= 0.3 is 0 Å². The fourth-order valence-electron chi connectivity index (χ4n) is 2.96. The molecule has 24 heavy (non-hydrogen) atoms. The van der Waals surface area contributed by atoms with Gasteiger partial charge in [0, 0.05) is 32.6 Å². The zero-order valence-electron chi connectivity index (χ0n) is 14.3. The van der Waals surface area contributed by atoms with Crippen LogP contribution in [0.2, 0.25) is 0 Å². The third-order valence-electron chi connectivity index (χ3n) is 4.38. The predicted molar refractivity (Wildman–Crippen MR) is 92.7 cm³/mol. The second-order valence-corrected chi connectivity index (χ2v) is 6.11.